The second-order valence-electron chi connectivity index (χ2n) is 8.66. The Morgan fingerprint density at radius 1 is 1.11 bits per heavy atom. The number of sulfone groups is 1. The predicted octanol–water partition coefficient (Wildman–Crippen LogP) is -0.383. The van der Waals surface area contributed by atoms with Crippen molar-refractivity contribution >= 4 is 39.3 Å². The molecule has 16 nitrogen and oxygen atoms in total. The number of β-lactam (4-membered cyclic amide) rings is 1. The third-order valence-electron chi connectivity index (χ3n) is 6.43. The predicted molar refractivity (Wildman–Crippen MR) is 122 cm³/mol. The Kier molecular flexibility index (Phi) is 6.64. The van der Waals surface area contributed by atoms with Crippen molar-refractivity contribution in [2.45, 2.75) is 42.7 Å². The van der Waals surface area contributed by atoms with Crippen LogP contribution >= 0.6 is 0 Å². The van der Waals surface area contributed by atoms with Crippen molar-refractivity contribution in [3.63, 3.8) is 0 Å². The van der Waals surface area contributed by atoms with E-state index in [1.54, 1.807) is 0 Å². The molecule has 4 rings (SSSR count). The van der Waals surface area contributed by atoms with Crippen LogP contribution in [0.25, 0.3) is 0 Å². The maximum atomic E-state index is 13.5. The maximum Gasteiger partial charge on any atom is 0.361 e. The lowest BCUT2D eigenvalue weighted by molar-refractivity contribution is -0.384. The van der Waals surface area contributed by atoms with Gasteiger partial charge in [-0.25, -0.2) is 22.8 Å². The second-order valence-corrected chi connectivity index (χ2v) is 11.2. The zero-order valence-corrected chi connectivity index (χ0v) is 21.0. The van der Waals surface area contributed by atoms with E-state index in [-0.39, 0.29) is 18.7 Å². The first-order valence-corrected chi connectivity index (χ1v) is 12.5. The van der Waals surface area contributed by atoms with Crippen LogP contribution in [0.5, 0.6) is 0 Å². The molecule has 3 heterocycles. The SMILES string of the molecule is COC(=O)c1nn(C[C@@]2(C)[C@H](C(=O)OCc3ccc([N+](=O)[O-])cc3)N3C(=O)C[C@H]3S2(=O)=O)nc1C(=O)OC. The number of benzene rings is 1. The van der Waals surface area contributed by atoms with E-state index < -0.39 is 72.7 Å². The van der Waals surface area contributed by atoms with Gasteiger partial charge in [0.1, 0.15) is 16.7 Å². The van der Waals surface area contributed by atoms with Gasteiger partial charge in [0.05, 0.1) is 32.1 Å². The third kappa shape index (κ3) is 4.13. The third-order valence-corrected chi connectivity index (χ3v) is 9.19. The van der Waals surface area contributed by atoms with Crippen LogP contribution in [0.2, 0.25) is 0 Å². The summed E-state index contributed by atoms with van der Waals surface area (Å²) in [5.74, 6) is -3.69. The first-order chi connectivity index (χ1) is 17.8. The molecule has 2 aromatic rings. The highest BCUT2D eigenvalue weighted by atomic mass is 32.2. The first kappa shape index (κ1) is 26.6. The largest absolute Gasteiger partial charge is 0.464 e. The highest BCUT2D eigenvalue weighted by Gasteiger charge is 2.70. The second kappa shape index (κ2) is 9.47. The molecular formula is C21H21N5O11S. The van der Waals surface area contributed by atoms with Crippen molar-refractivity contribution in [3.05, 3.63) is 51.3 Å². The Hall–Kier alpha value is -4.41. The number of aromatic nitrogens is 3. The van der Waals surface area contributed by atoms with Crippen LogP contribution in [0, 0.1) is 10.1 Å². The Labute approximate surface area is 214 Å². The van der Waals surface area contributed by atoms with Gasteiger partial charge >= 0.3 is 17.9 Å². The Morgan fingerprint density at radius 2 is 1.66 bits per heavy atom. The molecule has 38 heavy (non-hydrogen) atoms. The van der Waals surface area contributed by atoms with Crippen molar-refractivity contribution in [1.29, 1.82) is 0 Å². The van der Waals surface area contributed by atoms with Gasteiger partial charge in [-0.15, -0.1) is 10.2 Å². The summed E-state index contributed by atoms with van der Waals surface area (Å²) in [7, 11) is -2.13. The monoisotopic (exact) mass is 551 g/mol. The van der Waals surface area contributed by atoms with Crippen molar-refractivity contribution in [2.75, 3.05) is 14.2 Å². The van der Waals surface area contributed by atoms with Crippen LogP contribution in [0.1, 0.15) is 39.9 Å². The molecule has 202 valence electrons. The molecule has 0 spiro atoms. The van der Waals surface area contributed by atoms with E-state index in [2.05, 4.69) is 19.7 Å². The summed E-state index contributed by atoms with van der Waals surface area (Å²) >= 11 is 0. The number of hydrogen-bond donors (Lipinski definition) is 0. The van der Waals surface area contributed by atoms with Gasteiger partial charge in [0.15, 0.2) is 15.9 Å². The number of esters is 3. The molecule has 0 bridgehead atoms. The molecule has 0 radical (unpaired) electrons. The minimum Gasteiger partial charge on any atom is -0.464 e. The molecule has 1 aromatic heterocycles. The fraction of sp³-hybridized carbons (Fsp3) is 0.429. The first-order valence-electron chi connectivity index (χ1n) is 10.9. The molecule has 2 saturated heterocycles. The van der Waals surface area contributed by atoms with Gasteiger partial charge in [-0.1, -0.05) is 0 Å². The number of methoxy groups -OCH3 is 2. The molecule has 2 aliphatic heterocycles. The number of carbonyl (C=O) groups excluding carboxylic acids is 4. The number of nitro benzene ring substituents is 1. The molecule has 0 aliphatic carbocycles. The van der Waals surface area contributed by atoms with Crippen LogP contribution in [-0.4, -0.2) is 87.4 Å². The summed E-state index contributed by atoms with van der Waals surface area (Å²) in [4.78, 5) is 61.7. The minimum atomic E-state index is -4.21. The van der Waals surface area contributed by atoms with E-state index in [0.29, 0.717) is 5.56 Å². The summed E-state index contributed by atoms with van der Waals surface area (Å²) in [6.45, 7) is 0.230. The van der Waals surface area contributed by atoms with Gasteiger partial charge in [0.2, 0.25) is 17.3 Å². The number of nitro groups is 1. The Balaban J connectivity index is 1.66. The average molecular weight is 551 g/mol. The van der Waals surface area contributed by atoms with Crippen LogP contribution in [-0.2, 0) is 46.8 Å². The van der Waals surface area contributed by atoms with E-state index in [0.717, 1.165) is 23.9 Å². The van der Waals surface area contributed by atoms with E-state index >= 15 is 0 Å². The molecule has 0 N–H and O–H groups in total. The van der Waals surface area contributed by atoms with E-state index in [9.17, 15) is 37.7 Å². The highest BCUT2D eigenvalue weighted by Crippen LogP contribution is 2.47. The van der Waals surface area contributed by atoms with E-state index in [4.69, 9.17) is 4.74 Å². The molecular weight excluding hydrogens is 530 g/mol. The number of fused-ring (bicyclic) bond motifs is 1. The topological polar surface area (TPSA) is 207 Å². The van der Waals surface area contributed by atoms with Crippen LogP contribution < -0.4 is 0 Å². The maximum absolute atomic E-state index is 13.5. The summed E-state index contributed by atoms with van der Waals surface area (Å²) in [5.41, 5.74) is -0.852. The number of non-ortho nitro benzene ring substituents is 1. The van der Waals surface area contributed by atoms with Gasteiger partial charge in [-0.3, -0.25) is 14.9 Å². The summed E-state index contributed by atoms with van der Waals surface area (Å²) < 4.78 is 39.4. The average Bonchev–Trinajstić information content (AvgIpc) is 3.36. The quantitative estimate of drug-likeness (QED) is 0.135. The molecule has 17 heteroatoms. The molecule has 2 fully saturated rings. The summed E-state index contributed by atoms with van der Waals surface area (Å²) in [6.07, 6.45) is -0.336. The fourth-order valence-electron chi connectivity index (χ4n) is 4.39. The molecule has 0 unspecified atom stereocenters. The molecule has 0 saturated carbocycles. The number of rotatable bonds is 8. The number of nitrogens with zero attached hydrogens (tertiary/aromatic N) is 5. The highest BCUT2D eigenvalue weighted by molar-refractivity contribution is 7.93. The summed E-state index contributed by atoms with van der Waals surface area (Å²) in [6, 6.07) is 3.55. The number of carbonyl (C=O) groups is 4. The lowest BCUT2D eigenvalue weighted by Crippen LogP contribution is -2.58. The molecule has 2 aliphatic rings. The Bertz CT molecular complexity index is 1420. The van der Waals surface area contributed by atoms with Crippen LogP contribution in [0.15, 0.2) is 24.3 Å². The van der Waals surface area contributed by atoms with Crippen molar-refractivity contribution in [3.8, 4) is 0 Å². The minimum absolute atomic E-state index is 0.173. The van der Waals surface area contributed by atoms with Crippen molar-refractivity contribution in [1.82, 2.24) is 19.9 Å². The van der Waals surface area contributed by atoms with E-state index in [1.807, 2.05) is 0 Å². The van der Waals surface area contributed by atoms with E-state index in [1.165, 1.54) is 31.2 Å². The smallest absolute Gasteiger partial charge is 0.361 e. The molecule has 3 atom stereocenters. The molecule has 1 amide bonds. The fourth-order valence-corrected chi connectivity index (χ4v) is 6.72. The standard InChI is InChI=1S/C21H21N5O11S/c1-21(10-24-22-15(18(28)35-2)16(23-24)19(29)36-3)17(25-13(27)8-14(25)38(21,33)34)20(30)37-9-11-4-6-12(7-5-11)26(31)32/h4-7,14,17H,8-10H2,1-3H3/t14-,17+,21+/m1/s1. The lowest BCUT2D eigenvalue weighted by Gasteiger charge is -2.36. The Morgan fingerprint density at radius 3 is 2.13 bits per heavy atom. The normalized spacial score (nSPS) is 23.2. The van der Waals surface area contributed by atoms with Crippen LogP contribution in [0.3, 0.4) is 0 Å². The van der Waals surface area contributed by atoms with Gasteiger partial charge < -0.3 is 19.1 Å². The number of hydrogen-bond acceptors (Lipinski definition) is 13. The van der Waals surface area contributed by atoms with Gasteiger partial charge in [-0.2, -0.15) is 4.80 Å². The number of amides is 1. The van der Waals surface area contributed by atoms with Gasteiger partial charge in [-0.05, 0) is 24.6 Å². The zero-order valence-electron chi connectivity index (χ0n) is 20.2. The molecule has 1 aromatic carbocycles. The number of ether oxygens (including phenoxy) is 3. The lowest BCUT2D eigenvalue weighted by atomic mass is 9.96. The van der Waals surface area contributed by atoms with Crippen molar-refractivity contribution in [2.24, 2.45) is 0 Å². The van der Waals surface area contributed by atoms with Crippen LogP contribution in [0.4, 0.5) is 5.69 Å². The summed E-state index contributed by atoms with van der Waals surface area (Å²) in [5, 5.41) is 17.3. The van der Waals surface area contributed by atoms with Gasteiger partial charge in [0, 0.05) is 12.1 Å². The van der Waals surface area contributed by atoms with Crippen molar-refractivity contribution < 1.29 is 46.7 Å². The zero-order chi connectivity index (χ0) is 28.0. The van der Waals surface area contributed by atoms with Gasteiger partial charge in [0.25, 0.3) is 5.69 Å².